The van der Waals surface area contributed by atoms with Gasteiger partial charge in [0.25, 0.3) is 17.7 Å². The third kappa shape index (κ3) is 4.69. The lowest BCUT2D eigenvalue weighted by atomic mass is 9.85. The van der Waals surface area contributed by atoms with E-state index in [1.165, 1.54) is 11.1 Å². The molecule has 0 bridgehead atoms. The van der Waals surface area contributed by atoms with Gasteiger partial charge in [0.2, 0.25) is 5.91 Å². The van der Waals surface area contributed by atoms with Crippen LogP contribution in [0.4, 0.5) is 14.5 Å². The Morgan fingerprint density at radius 3 is 2.57 bits per heavy atom. The van der Waals surface area contributed by atoms with Gasteiger partial charge >= 0.3 is 5.97 Å². The fourth-order valence-corrected chi connectivity index (χ4v) is 6.22. The summed E-state index contributed by atoms with van der Waals surface area (Å²) in [6, 6.07) is 9.54. The van der Waals surface area contributed by atoms with Crippen LogP contribution < -0.4 is 4.90 Å². The third-order valence-electron chi connectivity index (χ3n) is 8.39. The zero-order chi connectivity index (χ0) is 29.6. The highest BCUT2D eigenvalue weighted by Crippen LogP contribution is 2.40. The van der Waals surface area contributed by atoms with Crippen LogP contribution in [0.15, 0.2) is 48.8 Å². The summed E-state index contributed by atoms with van der Waals surface area (Å²) >= 11 is 0. The topological polar surface area (TPSA) is 132 Å². The number of hydrogen-bond acceptors (Lipinski definition) is 8. The maximum absolute atomic E-state index is 14.2. The average molecular weight is 582 g/mol. The van der Waals surface area contributed by atoms with Crippen molar-refractivity contribution in [2.45, 2.75) is 36.8 Å². The predicted molar refractivity (Wildman–Crippen MR) is 144 cm³/mol. The number of carbonyl (C=O) groups is 4. The summed E-state index contributed by atoms with van der Waals surface area (Å²) in [6.45, 7) is -0.773. The van der Waals surface area contributed by atoms with Crippen LogP contribution in [0.3, 0.4) is 0 Å². The summed E-state index contributed by atoms with van der Waals surface area (Å²) < 4.78 is 33.1. The Bertz CT molecular complexity index is 1540. The molecule has 14 heteroatoms. The van der Waals surface area contributed by atoms with Gasteiger partial charge in [-0.2, -0.15) is 5.10 Å². The maximum atomic E-state index is 14.2. The van der Waals surface area contributed by atoms with Gasteiger partial charge in [-0.3, -0.25) is 19.5 Å². The Kier molecular flexibility index (Phi) is 6.78. The van der Waals surface area contributed by atoms with Gasteiger partial charge in [0.05, 0.1) is 32.1 Å². The lowest BCUT2D eigenvalue weighted by Gasteiger charge is -2.43. The second-order valence-electron chi connectivity index (χ2n) is 10.9. The van der Waals surface area contributed by atoms with E-state index < -0.39 is 48.9 Å². The number of likely N-dealkylation sites (tertiary alicyclic amines) is 2. The van der Waals surface area contributed by atoms with Crippen LogP contribution in [0.5, 0.6) is 0 Å². The minimum atomic E-state index is -3.24. The molecule has 1 atom stereocenters. The number of rotatable bonds is 5. The number of carbonyl (C=O) groups excluding carboxylic acids is 4. The minimum absolute atomic E-state index is 0.0523. The summed E-state index contributed by atoms with van der Waals surface area (Å²) in [4.78, 5) is 62.7. The Morgan fingerprint density at radius 1 is 1.12 bits per heavy atom. The number of benzene rings is 1. The molecule has 1 spiro atoms. The molecule has 0 aliphatic carbocycles. The first-order valence-corrected chi connectivity index (χ1v) is 13.6. The molecule has 3 amide bonds. The number of halogens is 2. The molecule has 3 aromatic rings. The number of alkyl halides is 2. The number of nitrogens with zero attached hydrogens (tertiary/aromatic N) is 6. The largest absolute Gasteiger partial charge is 0.467 e. The van der Waals surface area contributed by atoms with Crippen LogP contribution in [0.2, 0.25) is 0 Å². The number of ether oxygens (including phenoxy) is 1. The van der Waals surface area contributed by atoms with Crippen LogP contribution in [0, 0.1) is 0 Å². The van der Waals surface area contributed by atoms with Gasteiger partial charge in [0.15, 0.2) is 5.65 Å². The highest BCUT2D eigenvalue weighted by molar-refractivity contribution is 5.99. The second-order valence-corrected chi connectivity index (χ2v) is 10.9. The van der Waals surface area contributed by atoms with Crippen molar-refractivity contribution in [1.82, 2.24) is 29.9 Å². The second kappa shape index (κ2) is 10.3. The average Bonchev–Trinajstić information content (AvgIpc) is 3.68. The van der Waals surface area contributed by atoms with Crippen LogP contribution in [0.25, 0.3) is 11.0 Å². The number of pyridine rings is 1. The number of hydrogen-bond donors (Lipinski definition) is 1. The molecule has 42 heavy (non-hydrogen) atoms. The van der Waals surface area contributed by atoms with Crippen molar-refractivity contribution in [3.63, 3.8) is 0 Å². The summed E-state index contributed by atoms with van der Waals surface area (Å²) in [5, 5.41) is 7.40. The molecule has 3 fully saturated rings. The van der Waals surface area contributed by atoms with Crippen molar-refractivity contribution in [3.05, 3.63) is 54.4 Å². The predicted octanol–water partition coefficient (Wildman–Crippen LogP) is 1.65. The molecule has 1 unspecified atom stereocenters. The number of esters is 1. The minimum Gasteiger partial charge on any atom is -0.467 e. The van der Waals surface area contributed by atoms with Crippen LogP contribution in [-0.2, 0) is 19.1 Å². The van der Waals surface area contributed by atoms with Crippen molar-refractivity contribution in [2.24, 2.45) is 0 Å². The number of aromatic amines is 1. The van der Waals surface area contributed by atoms with E-state index in [2.05, 4.69) is 19.9 Å². The molecule has 1 aromatic carbocycles. The van der Waals surface area contributed by atoms with Gasteiger partial charge in [-0.15, -0.1) is 0 Å². The molecular formula is C28H29F2N7O5. The SMILES string of the molecule is COC(=O)C1CC(F)(F)CN1C(=O)CN1CN(c2ccccc2)C2(CCN(C(=O)c3cnc4[nH]ncc4c3)CC2)C1=O. The number of amides is 3. The third-order valence-corrected chi connectivity index (χ3v) is 8.39. The van der Waals surface area contributed by atoms with E-state index >= 15 is 0 Å². The standard InChI is InChI=1S/C28H29F2N7O5/c1-42-25(40)21-12-28(29,30)16-36(21)22(38)15-35-17-37(20-5-3-2-4-6-20)27(26(35)41)7-9-34(10-8-27)24(39)19-11-18-14-32-33-23(18)31-13-19/h2-6,11,13-14,21H,7-10,12,15-17H2,1H3,(H,31,32,33). The Hall–Kier alpha value is -4.62. The summed E-state index contributed by atoms with van der Waals surface area (Å²) in [7, 11) is 1.08. The lowest BCUT2D eigenvalue weighted by molar-refractivity contribution is -0.152. The summed E-state index contributed by atoms with van der Waals surface area (Å²) in [5.41, 5.74) is 0.703. The molecule has 1 N–H and O–H groups in total. The van der Waals surface area contributed by atoms with Crippen molar-refractivity contribution in [3.8, 4) is 0 Å². The van der Waals surface area contributed by atoms with Crippen LogP contribution >= 0.6 is 0 Å². The normalized spacial score (nSPS) is 21.4. The van der Waals surface area contributed by atoms with Gasteiger partial charge in [0, 0.05) is 36.8 Å². The molecule has 12 nitrogen and oxygen atoms in total. The Morgan fingerprint density at radius 2 is 1.86 bits per heavy atom. The fraction of sp³-hybridized carbons (Fsp3) is 0.429. The van der Waals surface area contributed by atoms with Crippen molar-refractivity contribution < 1.29 is 32.7 Å². The molecule has 3 aliphatic rings. The molecule has 5 heterocycles. The Balaban J connectivity index is 1.22. The van der Waals surface area contributed by atoms with E-state index in [-0.39, 0.29) is 31.6 Å². The first kappa shape index (κ1) is 27.5. The molecule has 2 aromatic heterocycles. The number of aromatic nitrogens is 3. The van der Waals surface area contributed by atoms with Gasteiger partial charge in [-0.25, -0.2) is 18.6 Å². The molecule has 3 saturated heterocycles. The summed E-state index contributed by atoms with van der Waals surface area (Å²) in [6.07, 6.45) is 2.84. The van der Waals surface area contributed by atoms with E-state index in [0.29, 0.717) is 29.4 Å². The van der Waals surface area contributed by atoms with Gasteiger partial charge in [0.1, 0.15) is 18.1 Å². The summed E-state index contributed by atoms with van der Waals surface area (Å²) in [5.74, 6) is -5.45. The monoisotopic (exact) mass is 581 g/mol. The molecular weight excluding hydrogens is 552 g/mol. The number of methoxy groups -OCH3 is 1. The van der Waals surface area contributed by atoms with E-state index in [9.17, 15) is 28.0 Å². The number of nitrogens with one attached hydrogen (secondary N) is 1. The number of fused-ring (bicyclic) bond motifs is 1. The van der Waals surface area contributed by atoms with Crippen molar-refractivity contribution in [1.29, 1.82) is 0 Å². The number of para-hydroxylation sites is 1. The zero-order valence-electron chi connectivity index (χ0n) is 22.8. The maximum Gasteiger partial charge on any atom is 0.328 e. The molecule has 6 rings (SSSR count). The van der Waals surface area contributed by atoms with E-state index in [4.69, 9.17) is 0 Å². The quantitative estimate of drug-likeness (QED) is 0.450. The molecule has 3 aliphatic heterocycles. The molecule has 0 radical (unpaired) electrons. The first-order chi connectivity index (χ1) is 20.1. The van der Waals surface area contributed by atoms with Gasteiger partial charge in [-0.05, 0) is 31.0 Å². The highest BCUT2D eigenvalue weighted by atomic mass is 19.3. The van der Waals surface area contributed by atoms with Crippen LogP contribution in [-0.4, -0.2) is 111 Å². The zero-order valence-corrected chi connectivity index (χ0v) is 22.8. The number of H-pyrrole nitrogens is 1. The number of piperidine rings is 1. The van der Waals surface area contributed by atoms with Crippen molar-refractivity contribution >= 4 is 40.4 Å². The van der Waals surface area contributed by atoms with Gasteiger partial charge in [-0.1, -0.05) is 18.2 Å². The highest BCUT2D eigenvalue weighted by Gasteiger charge is 2.56. The van der Waals surface area contributed by atoms with E-state index in [1.54, 1.807) is 17.2 Å². The fourth-order valence-electron chi connectivity index (χ4n) is 6.22. The lowest BCUT2D eigenvalue weighted by Crippen LogP contribution is -2.57. The Labute approximate surface area is 239 Å². The van der Waals surface area contributed by atoms with Gasteiger partial charge < -0.3 is 24.3 Å². The first-order valence-electron chi connectivity index (χ1n) is 13.6. The van der Waals surface area contributed by atoms with Crippen molar-refractivity contribution in [2.75, 3.05) is 44.9 Å². The van der Waals surface area contributed by atoms with E-state index in [0.717, 1.165) is 17.7 Å². The molecule has 220 valence electrons. The van der Waals surface area contributed by atoms with E-state index in [1.807, 2.05) is 35.2 Å². The van der Waals surface area contributed by atoms with Crippen LogP contribution in [0.1, 0.15) is 29.6 Å². The smallest absolute Gasteiger partial charge is 0.328 e. The number of anilines is 1. The molecule has 0 saturated carbocycles.